The zero-order chi connectivity index (χ0) is 11.8. The van der Waals surface area contributed by atoms with Crippen LogP contribution < -0.4 is 0 Å². The van der Waals surface area contributed by atoms with Gasteiger partial charge in [0.2, 0.25) is 0 Å². The number of benzene rings is 1. The molecular weight excluding hydrogens is 238 g/mol. The van der Waals surface area contributed by atoms with Gasteiger partial charge < -0.3 is 9.47 Å². The lowest BCUT2D eigenvalue weighted by Gasteiger charge is -2.24. The van der Waals surface area contributed by atoms with E-state index in [4.69, 9.17) is 21.1 Å². The summed E-state index contributed by atoms with van der Waals surface area (Å²) in [6.07, 6.45) is -0.297. The minimum absolute atomic E-state index is 0.0557. The standard InChI is InChI=1S/C11H11ClF2O2/c1-11(15-6-7(5-12)16-11)8-3-2-4-9(13)10(8)14/h2-4,7H,5-6H2,1H3. The van der Waals surface area contributed by atoms with E-state index in [1.807, 2.05) is 0 Å². The Morgan fingerprint density at radius 2 is 2.25 bits per heavy atom. The first kappa shape index (κ1) is 11.8. The SMILES string of the molecule is CC1(c2cccc(F)c2F)OCC(CCl)O1. The first-order valence-electron chi connectivity index (χ1n) is 4.89. The van der Waals surface area contributed by atoms with E-state index in [1.165, 1.54) is 12.1 Å². The van der Waals surface area contributed by atoms with Crippen molar-refractivity contribution in [2.45, 2.75) is 18.8 Å². The molecule has 88 valence electrons. The van der Waals surface area contributed by atoms with Crippen LogP contribution in [0.5, 0.6) is 0 Å². The van der Waals surface area contributed by atoms with Crippen LogP contribution in [0.4, 0.5) is 8.78 Å². The summed E-state index contributed by atoms with van der Waals surface area (Å²) in [5.74, 6) is -2.86. The van der Waals surface area contributed by atoms with E-state index in [1.54, 1.807) is 6.92 Å². The highest BCUT2D eigenvalue weighted by atomic mass is 35.5. The average Bonchev–Trinajstić information content (AvgIpc) is 2.65. The Morgan fingerprint density at radius 1 is 1.50 bits per heavy atom. The fourth-order valence-corrected chi connectivity index (χ4v) is 1.86. The maximum Gasteiger partial charge on any atom is 0.195 e. The summed E-state index contributed by atoms with van der Waals surface area (Å²) >= 11 is 5.62. The largest absolute Gasteiger partial charge is 0.343 e. The van der Waals surface area contributed by atoms with Crippen molar-refractivity contribution in [3.8, 4) is 0 Å². The monoisotopic (exact) mass is 248 g/mol. The van der Waals surface area contributed by atoms with E-state index in [2.05, 4.69) is 0 Å². The Hall–Kier alpha value is -0.710. The van der Waals surface area contributed by atoms with Crippen molar-refractivity contribution in [3.05, 3.63) is 35.4 Å². The molecule has 1 saturated heterocycles. The number of hydrogen-bond donors (Lipinski definition) is 0. The number of ether oxygens (including phenoxy) is 2. The zero-order valence-electron chi connectivity index (χ0n) is 8.67. The summed E-state index contributed by atoms with van der Waals surface area (Å²) in [4.78, 5) is 0. The highest BCUT2D eigenvalue weighted by molar-refractivity contribution is 6.18. The Balaban J connectivity index is 2.34. The predicted octanol–water partition coefficient (Wildman–Crippen LogP) is 2.79. The van der Waals surface area contributed by atoms with Crippen molar-refractivity contribution < 1.29 is 18.3 Å². The van der Waals surface area contributed by atoms with Crippen LogP contribution in [0.2, 0.25) is 0 Å². The molecule has 2 nitrogen and oxygen atoms in total. The second kappa shape index (κ2) is 4.28. The van der Waals surface area contributed by atoms with Gasteiger partial charge in [-0.15, -0.1) is 11.6 Å². The molecule has 1 heterocycles. The van der Waals surface area contributed by atoms with E-state index in [9.17, 15) is 8.78 Å². The smallest absolute Gasteiger partial charge is 0.195 e. The Bertz CT molecular complexity index is 400. The van der Waals surface area contributed by atoms with Crippen molar-refractivity contribution in [1.29, 1.82) is 0 Å². The third-order valence-corrected chi connectivity index (χ3v) is 2.89. The first-order chi connectivity index (χ1) is 7.57. The fraction of sp³-hybridized carbons (Fsp3) is 0.455. The van der Waals surface area contributed by atoms with Gasteiger partial charge in [-0.25, -0.2) is 8.78 Å². The van der Waals surface area contributed by atoms with Crippen LogP contribution >= 0.6 is 11.6 Å². The predicted molar refractivity (Wildman–Crippen MR) is 55.3 cm³/mol. The third kappa shape index (κ3) is 1.93. The van der Waals surface area contributed by atoms with Crippen LogP contribution in [0, 0.1) is 11.6 Å². The molecule has 0 aromatic heterocycles. The molecule has 5 heteroatoms. The minimum Gasteiger partial charge on any atom is -0.343 e. The number of rotatable bonds is 2. The molecule has 2 atom stereocenters. The Kier molecular flexibility index (Phi) is 3.15. The molecule has 2 unspecified atom stereocenters. The highest BCUT2D eigenvalue weighted by Crippen LogP contribution is 2.35. The summed E-state index contributed by atoms with van der Waals surface area (Å²) in [5, 5.41) is 0. The zero-order valence-corrected chi connectivity index (χ0v) is 9.43. The molecule has 2 rings (SSSR count). The molecule has 0 saturated carbocycles. The fourth-order valence-electron chi connectivity index (χ4n) is 1.71. The summed E-state index contributed by atoms with van der Waals surface area (Å²) < 4.78 is 37.4. The quantitative estimate of drug-likeness (QED) is 0.750. The molecule has 0 bridgehead atoms. The van der Waals surface area contributed by atoms with Gasteiger partial charge in [0.25, 0.3) is 0 Å². The molecular formula is C11H11ClF2O2. The van der Waals surface area contributed by atoms with Gasteiger partial charge in [0.05, 0.1) is 18.6 Å². The number of alkyl halides is 1. The van der Waals surface area contributed by atoms with Crippen molar-refractivity contribution in [2.24, 2.45) is 0 Å². The maximum absolute atomic E-state index is 13.6. The van der Waals surface area contributed by atoms with E-state index in [0.717, 1.165) is 6.07 Å². The lowest BCUT2D eigenvalue weighted by Crippen LogP contribution is -2.26. The van der Waals surface area contributed by atoms with Crippen molar-refractivity contribution in [2.75, 3.05) is 12.5 Å². The van der Waals surface area contributed by atoms with Gasteiger partial charge >= 0.3 is 0 Å². The van der Waals surface area contributed by atoms with E-state index >= 15 is 0 Å². The van der Waals surface area contributed by atoms with Crippen LogP contribution in [0.25, 0.3) is 0 Å². The topological polar surface area (TPSA) is 18.5 Å². The number of halogens is 3. The molecule has 0 radical (unpaired) electrons. The molecule has 0 amide bonds. The molecule has 16 heavy (non-hydrogen) atoms. The molecule has 1 aliphatic heterocycles. The highest BCUT2D eigenvalue weighted by Gasteiger charge is 2.40. The van der Waals surface area contributed by atoms with Crippen molar-refractivity contribution in [3.63, 3.8) is 0 Å². The van der Waals surface area contributed by atoms with Gasteiger partial charge in [0.15, 0.2) is 17.4 Å². The summed E-state index contributed by atoms with van der Waals surface area (Å²) in [5.41, 5.74) is 0.0557. The molecule has 1 fully saturated rings. The van der Waals surface area contributed by atoms with Gasteiger partial charge in [-0.1, -0.05) is 12.1 Å². The van der Waals surface area contributed by atoms with E-state index < -0.39 is 17.4 Å². The molecule has 0 spiro atoms. The van der Waals surface area contributed by atoms with E-state index in [-0.39, 0.29) is 24.2 Å². The van der Waals surface area contributed by atoms with Gasteiger partial charge in [0, 0.05) is 5.56 Å². The van der Waals surface area contributed by atoms with Crippen LogP contribution in [0.3, 0.4) is 0 Å². The second-order valence-electron chi connectivity index (χ2n) is 3.75. The maximum atomic E-state index is 13.6. The molecule has 1 aliphatic rings. The van der Waals surface area contributed by atoms with Gasteiger partial charge in [0.1, 0.15) is 0 Å². The van der Waals surface area contributed by atoms with Crippen LogP contribution in [-0.4, -0.2) is 18.6 Å². The second-order valence-corrected chi connectivity index (χ2v) is 4.06. The molecule has 1 aromatic carbocycles. The minimum atomic E-state index is -1.26. The van der Waals surface area contributed by atoms with E-state index in [0.29, 0.717) is 0 Å². The first-order valence-corrected chi connectivity index (χ1v) is 5.42. The molecule has 1 aromatic rings. The Labute approximate surface area is 97.1 Å². The Morgan fingerprint density at radius 3 is 2.88 bits per heavy atom. The van der Waals surface area contributed by atoms with Crippen LogP contribution in [0.15, 0.2) is 18.2 Å². The van der Waals surface area contributed by atoms with Crippen molar-refractivity contribution in [1.82, 2.24) is 0 Å². The van der Waals surface area contributed by atoms with Crippen molar-refractivity contribution >= 4 is 11.6 Å². The molecule has 0 aliphatic carbocycles. The normalized spacial score (nSPS) is 29.6. The van der Waals surface area contributed by atoms with Gasteiger partial charge in [-0.05, 0) is 13.0 Å². The lowest BCUT2D eigenvalue weighted by molar-refractivity contribution is -0.161. The number of hydrogen-bond acceptors (Lipinski definition) is 2. The third-order valence-electron chi connectivity index (χ3n) is 2.55. The summed E-state index contributed by atoms with van der Waals surface area (Å²) in [6, 6.07) is 3.91. The van der Waals surface area contributed by atoms with Crippen LogP contribution in [-0.2, 0) is 15.3 Å². The van der Waals surface area contributed by atoms with Gasteiger partial charge in [-0.2, -0.15) is 0 Å². The van der Waals surface area contributed by atoms with Gasteiger partial charge in [-0.3, -0.25) is 0 Å². The summed E-state index contributed by atoms with van der Waals surface area (Å²) in [6.45, 7) is 1.83. The summed E-state index contributed by atoms with van der Waals surface area (Å²) in [7, 11) is 0. The lowest BCUT2D eigenvalue weighted by atomic mass is 10.1. The molecule has 0 N–H and O–H groups in total. The van der Waals surface area contributed by atoms with Crippen LogP contribution in [0.1, 0.15) is 12.5 Å². The average molecular weight is 249 g/mol.